The molecule has 196 valence electrons. The highest BCUT2D eigenvalue weighted by atomic mass is 16.7. The highest BCUT2D eigenvalue weighted by Crippen LogP contribution is 2.53. The van der Waals surface area contributed by atoms with Gasteiger partial charge in [-0.15, -0.1) is 0 Å². The first-order chi connectivity index (χ1) is 19.5. The van der Waals surface area contributed by atoms with Crippen LogP contribution in [0.5, 0.6) is 17.2 Å². The number of hydrogen-bond acceptors (Lipinski definition) is 3. The molecule has 8 rings (SSSR count). The Balaban J connectivity index is 1.44. The SMILES string of the molecule is Cc1ccc(C2(c3ccc(C)c(C)c3)C=Cc3c4c(c5cc6c(cc5c3O2)OCO6)-c2ccccc2CC4)cc1. The van der Waals surface area contributed by atoms with E-state index < -0.39 is 5.60 Å². The molecule has 1 unspecified atom stereocenters. The lowest BCUT2D eigenvalue weighted by molar-refractivity contribution is 0.163. The predicted molar refractivity (Wildman–Crippen MR) is 160 cm³/mol. The molecule has 40 heavy (non-hydrogen) atoms. The van der Waals surface area contributed by atoms with Crippen molar-refractivity contribution in [3.8, 4) is 28.4 Å². The van der Waals surface area contributed by atoms with Crippen LogP contribution in [0.1, 0.15) is 44.5 Å². The quantitative estimate of drug-likeness (QED) is 0.232. The Hall–Kier alpha value is -4.50. The van der Waals surface area contributed by atoms with E-state index in [9.17, 15) is 0 Å². The van der Waals surface area contributed by atoms with Crippen LogP contribution in [0.2, 0.25) is 0 Å². The van der Waals surface area contributed by atoms with Gasteiger partial charge in [0.15, 0.2) is 17.1 Å². The van der Waals surface area contributed by atoms with Crippen LogP contribution in [0.4, 0.5) is 0 Å². The second-order valence-corrected chi connectivity index (χ2v) is 11.3. The van der Waals surface area contributed by atoms with Crippen LogP contribution < -0.4 is 14.2 Å². The van der Waals surface area contributed by atoms with Gasteiger partial charge in [-0.1, -0.05) is 78.4 Å². The molecule has 3 heteroatoms. The molecule has 0 saturated heterocycles. The van der Waals surface area contributed by atoms with E-state index >= 15 is 0 Å². The summed E-state index contributed by atoms with van der Waals surface area (Å²) in [6.45, 7) is 6.69. The van der Waals surface area contributed by atoms with Crippen molar-refractivity contribution in [2.75, 3.05) is 6.79 Å². The molecule has 1 aliphatic carbocycles. The molecule has 0 saturated carbocycles. The van der Waals surface area contributed by atoms with Crippen LogP contribution >= 0.6 is 0 Å². The topological polar surface area (TPSA) is 27.7 Å². The zero-order valence-corrected chi connectivity index (χ0v) is 23.0. The lowest BCUT2D eigenvalue weighted by Gasteiger charge is -2.38. The number of hydrogen-bond donors (Lipinski definition) is 0. The minimum atomic E-state index is -0.761. The Kier molecular flexibility index (Phi) is 4.97. The summed E-state index contributed by atoms with van der Waals surface area (Å²) in [5.74, 6) is 2.47. The molecule has 0 aromatic heterocycles. The van der Waals surface area contributed by atoms with E-state index in [1.54, 1.807) is 0 Å². The van der Waals surface area contributed by atoms with Crippen molar-refractivity contribution >= 4 is 16.8 Å². The molecule has 0 spiro atoms. The van der Waals surface area contributed by atoms with Gasteiger partial charge in [-0.25, -0.2) is 0 Å². The first-order valence-electron chi connectivity index (χ1n) is 14.1. The van der Waals surface area contributed by atoms with Gasteiger partial charge >= 0.3 is 0 Å². The third-order valence-corrected chi connectivity index (χ3v) is 8.99. The molecule has 0 radical (unpaired) electrons. The predicted octanol–water partition coefficient (Wildman–Crippen LogP) is 8.61. The number of ether oxygens (including phenoxy) is 3. The van der Waals surface area contributed by atoms with Crippen molar-refractivity contribution in [3.05, 3.63) is 129 Å². The van der Waals surface area contributed by atoms with E-state index in [1.807, 2.05) is 0 Å². The van der Waals surface area contributed by atoms with Gasteiger partial charge in [0.25, 0.3) is 0 Å². The first kappa shape index (κ1) is 23.4. The van der Waals surface area contributed by atoms with Gasteiger partial charge < -0.3 is 14.2 Å². The van der Waals surface area contributed by atoms with Crippen molar-refractivity contribution in [2.24, 2.45) is 0 Å². The normalized spacial score (nSPS) is 18.2. The molecule has 5 aromatic rings. The zero-order chi connectivity index (χ0) is 27.0. The smallest absolute Gasteiger partial charge is 0.231 e. The Bertz CT molecular complexity index is 1880. The summed E-state index contributed by atoms with van der Waals surface area (Å²) in [7, 11) is 0. The minimum Gasteiger partial charge on any atom is -0.472 e. The Morgan fingerprint density at radius 2 is 1.45 bits per heavy atom. The minimum absolute atomic E-state index is 0.239. The average molecular weight is 523 g/mol. The van der Waals surface area contributed by atoms with E-state index in [0.29, 0.717) is 0 Å². The Labute approximate surface area is 234 Å². The fourth-order valence-corrected chi connectivity index (χ4v) is 6.66. The second kappa shape index (κ2) is 8.50. The van der Waals surface area contributed by atoms with Gasteiger partial charge in [0.2, 0.25) is 6.79 Å². The monoisotopic (exact) mass is 522 g/mol. The van der Waals surface area contributed by atoms with Gasteiger partial charge in [-0.3, -0.25) is 0 Å². The van der Waals surface area contributed by atoms with Crippen LogP contribution in [-0.4, -0.2) is 6.79 Å². The van der Waals surface area contributed by atoms with Crippen molar-refractivity contribution in [2.45, 2.75) is 39.2 Å². The van der Waals surface area contributed by atoms with Crippen molar-refractivity contribution in [3.63, 3.8) is 0 Å². The number of rotatable bonds is 2. The molecule has 0 amide bonds. The van der Waals surface area contributed by atoms with Gasteiger partial charge in [0.1, 0.15) is 5.75 Å². The molecular formula is C37H30O3. The van der Waals surface area contributed by atoms with Crippen LogP contribution in [0.3, 0.4) is 0 Å². The molecule has 0 bridgehead atoms. The van der Waals surface area contributed by atoms with E-state index in [1.165, 1.54) is 44.5 Å². The maximum absolute atomic E-state index is 7.37. The lowest BCUT2D eigenvalue weighted by Crippen LogP contribution is -2.35. The Morgan fingerprint density at radius 3 is 2.25 bits per heavy atom. The van der Waals surface area contributed by atoms with E-state index in [4.69, 9.17) is 14.2 Å². The highest BCUT2D eigenvalue weighted by molar-refractivity contribution is 6.07. The number of benzene rings is 5. The molecule has 3 aliphatic rings. The molecule has 2 heterocycles. The summed E-state index contributed by atoms with van der Waals surface area (Å²) in [6.07, 6.45) is 6.56. The van der Waals surface area contributed by atoms with Crippen LogP contribution in [-0.2, 0) is 18.4 Å². The van der Waals surface area contributed by atoms with E-state index in [2.05, 4.69) is 112 Å². The van der Waals surface area contributed by atoms with Gasteiger partial charge in [0.05, 0.1) is 0 Å². The maximum atomic E-state index is 7.37. The van der Waals surface area contributed by atoms with E-state index in [-0.39, 0.29) is 6.79 Å². The van der Waals surface area contributed by atoms with Crippen LogP contribution in [0, 0.1) is 20.8 Å². The molecule has 5 aromatic carbocycles. The number of fused-ring (bicyclic) bond motifs is 9. The summed E-state index contributed by atoms with van der Waals surface area (Å²) in [5.41, 5.74) is 11.7. The van der Waals surface area contributed by atoms with Gasteiger partial charge in [-0.2, -0.15) is 0 Å². The summed E-state index contributed by atoms with van der Waals surface area (Å²) in [4.78, 5) is 0. The third kappa shape index (κ3) is 3.30. The highest BCUT2D eigenvalue weighted by Gasteiger charge is 2.40. The molecule has 0 N–H and O–H groups in total. The van der Waals surface area contributed by atoms with Gasteiger partial charge in [0, 0.05) is 22.1 Å². The number of aryl methyl sites for hydroxylation is 4. The van der Waals surface area contributed by atoms with Crippen LogP contribution in [0.25, 0.3) is 28.0 Å². The molecule has 3 nitrogen and oxygen atoms in total. The Morgan fingerprint density at radius 1 is 0.700 bits per heavy atom. The molecule has 0 fully saturated rings. The van der Waals surface area contributed by atoms with Crippen molar-refractivity contribution in [1.82, 2.24) is 0 Å². The fourth-order valence-electron chi connectivity index (χ4n) is 6.66. The van der Waals surface area contributed by atoms with E-state index in [0.717, 1.165) is 52.0 Å². The van der Waals surface area contributed by atoms with Crippen molar-refractivity contribution in [1.29, 1.82) is 0 Å². The average Bonchev–Trinajstić information content (AvgIpc) is 3.45. The second-order valence-electron chi connectivity index (χ2n) is 11.3. The largest absolute Gasteiger partial charge is 0.472 e. The summed E-state index contributed by atoms with van der Waals surface area (Å²) in [6, 6.07) is 28.5. The zero-order valence-electron chi connectivity index (χ0n) is 23.0. The summed E-state index contributed by atoms with van der Waals surface area (Å²) < 4.78 is 19.1. The van der Waals surface area contributed by atoms with Crippen molar-refractivity contribution < 1.29 is 14.2 Å². The maximum Gasteiger partial charge on any atom is 0.231 e. The summed E-state index contributed by atoms with van der Waals surface area (Å²) >= 11 is 0. The molecule has 2 aliphatic heterocycles. The fraction of sp³-hybridized carbons (Fsp3) is 0.189. The summed E-state index contributed by atoms with van der Waals surface area (Å²) in [5, 5.41) is 2.21. The van der Waals surface area contributed by atoms with Crippen LogP contribution in [0.15, 0.2) is 84.9 Å². The standard InChI is InChI=1S/C37H30O3/c1-22-8-12-26(13-9-22)37(27-14-10-23(2)24(3)18-27)17-16-30-29-15-11-25-6-4-5-7-28(25)35(29)31-19-33-34(39-21-38-33)20-32(31)36(30)40-37/h4-10,12-14,16-20H,11,15,21H2,1-3H3. The van der Waals surface area contributed by atoms with Gasteiger partial charge in [-0.05, 0) is 90.6 Å². The first-order valence-corrected chi connectivity index (χ1v) is 14.1. The molecular weight excluding hydrogens is 492 g/mol. The third-order valence-electron chi connectivity index (χ3n) is 8.99. The molecule has 1 atom stereocenters. The lowest BCUT2D eigenvalue weighted by atomic mass is 9.77.